The number of sulfonamides is 1. The van der Waals surface area contributed by atoms with E-state index in [-0.39, 0.29) is 19.2 Å². The Labute approximate surface area is 214 Å². The molecule has 194 valence electrons. The maximum absolute atomic E-state index is 14.1. The number of rotatable bonds is 12. The molecule has 0 amide bonds. The molecule has 3 aromatic rings. The predicted molar refractivity (Wildman–Crippen MR) is 139 cm³/mol. The van der Waals surface area contributed by atoms with Crippen LogP contribution < -0.4 is 9.47 Å². The summed E-state index contributed by atoms with van der Waals surface area (Å²) in [6.07, 6.45) is 2.30. The van der Waals surface area contributed by atoms with E-state index in [2.05, 4.69) is 9.97 Å². The molecule has 0 aliphatic carbocycles. The summed E-state index contributed by atoms with van der Waals surface area (Å²) in [5.41, 5.74) is 2.57. The Balaban J connectivity index is 1.98. The minimum atomic E-state index is -3.87. The van der Waals surface area contributed by atoms with Gasteiger partial charge in [-0.1, -0.05) is 24.3 Å². The second kappa shape index (κ2) is 12.3. The molecule has 0 saturated carbocycles. The third kappa shape index (κ3) is 7.02. The van der Waals surface area contributed by atoms with Crippen molar-refractivity contribution in [1.82, 2.24) is 14.3 Å². The zero-order valence-electron chi connectivity index (χ0n) is 21.7. The van der Waals surface area contributed by atoms with Gasteiger partial charge >= 0.3 is 0 Å². The first-order valence-corrected chi connectivity index (χ1v) is 13.3. The van der Waals surface area contributed by atoms with Crippen molar-refractivity contribution in [2.45, 2.75) is 58.2 Å². The van der Waals surface area contributed by atoms with Gasteiger partial charge < -0.3 is 14.2 Å². The topological polar surface area (TPSA) is 90.9 Å². The third-order valence-electron chi connectivity index (χ3n) is 5.77. The lowest BCUT2D eigenvalue weighted by molar-refractivity contribution is 0.000552. The number of benzene rings is 2. The van der Waals surface area contributed by atoms with Crippen LogP contribution in [0.2, 0.25) is 0 Å². The smallest absolute Gasteiger partial charge is 0.220 e. The molecule has 3 rings (SSSR count). The van der Waals surface area contributed by atoms with E-state index in [1.165, 1.54) is 4.31 Å². The van der Waals surface area contributed by atoms with Gasteiger partial charge in [-0.25, -0.2) is 18.4 Å². The van der Waals surface area contributed by atoms with Crippen LogP contribution in [0.15, 0.2) is 60.9 Å². The number of ether oxygens (including phenoxy) is 3. The average Bonchev–Trinajstić information content (AvgIpc) is 2.87. The van der Waals surface area contributed by atoms with Gasteiger partial charge in [0, 0.05) is 25.5 Å². The summed E-state index contributed by atoms with van der Waals surface area (Å²) in [5, 5.41) is -0.931. The van der Waals surface area contributed by atoms with E-state index in [1.807, 2.05) is 69.3 Å². The molecular weight excluding hydrogens is 478 g/mol. The number of hydrogen-bond donors (Lipinski definition) is 0. The van der Waals surface area contributed by atoms with Crippen molar-refractivity contribution in [2.75, 3.05) is 14.2 Å². The Bertz CT molecular complexity index is 1150. The van der Waals surface area contributed by atoms with Crippen molar-refractivity contribution in [1.29, 1.82) is 0 Å². The molecule has 0 bridgehead atoms. The number of aromatic nitrogens is 2. The van der Waals surface area contributed by atoms with Crippen molar-refractivity contribution in [3.05, 3.63) is 83.4 Å². The Kier molecular flexibility index (Phi) is 9.42. The second-order valence-electron chi connectivity index (χ2n) is 8.94. The van der Waals surface area contributed by atoms with Crippen molar-refractivity contribution in [3.63, 3.8) is 0 Å². The summed E-state index contributed by atoms with van der Waals surface area (Å²) in [6, 6.07) is 14.7. The predicted octanol–water partition coefficient (Wildman–Crippen LogP) is 4.69. The zero-order valence-corrected chi connectivity index (χ0v) is 22.5. The van der Waals surface area contributed by atoms with E-state index in [9.17, 15) is 8.42 Å². The number of methoxy groups -OCH3 is 2. The van der Waals surface area contributed by atoms with Gasteiger partial charge in [-0.2, -0.15) is 4.31 Å². The molecule has 2 aromatic carbocycles. The molecule has 0 saturated heterocycles. The summed E-state index contributed by atoms with van der Waals surface area (Å²) in [4.78, 5) is 8.77. The quantitative estimate of drug-likeness (QED) is 0.347. The van der Waals surface area contributed by atoms with E-state index >= 15 is 0 Å². The van der Waals surface area contributed by atoms with Gasteiger partial charge in [-0.05, 0) is 68.7 Å². The summed E-state index contributed by atoms with van der Waals surface area (Å²) in [7, 11) is -0.673. The molecule has 1 heterocycles. The molecule has 0 aliphatic heterocycles. The van der Waals surface area contributed by atoms with Gasteiger partial charge in [0.1, 0.15) is 22.9 Å². The molecule has 36 heavy (non-hydrogen) atoms. The van der Waals surface area contributed by atoms with Crippen molar-refractivity contribution in [3.8, 4) is 11.5 Å². The molecular formula is C27H35N3O5S. The van der Waals surface area contributed by atoms with Crippen molar-refractivity contribution >= 4 is 10.0 Å². The lowest BCUT2D eigenvalue weighted by Gasteiger charge is -2.31. The van der Waals surface area contributed by atoms with Crippen LogP contribution in [0, 0.1) is 6.92 Å². The second-order valence-corrected chi connectivity index (χ2v) is 11.2. The first kappa shape index (κ1) is 27.6. The van der Waals surface area contributed by atoms with E-state index in [4.69, 9.17) is 14.2 Å². The largest absolute Gasteiger partial charge is 0.497 e. The van der Waals surface area contributed by atoms with Crippen LogP contribution >= 0.6 is 0 Å². The zero-order chi connectivity index (χ0) is 26.3. The standard InChI is InChI=1S/C27H35N3O5S/c1-19(2)35-26(27-28-15-20(3)16-29-27)21(4)36(31,32)30(17-22-7-11-24(33-5)12-8-22)18-23-9-13-25(34-6)14-10-23/h7-16,19,21,26H,17-18H2,1-6H3/t21-,26-/m1/s1. The fraction of sp³-hybridized carbons (Fsp3) is 0.407. The number of nitrogens with zero attached hydrogens (tertiary/aromatic N) is 3. The molecule has 0 spiro atoms. The van der Waals surface area contributed by atoms with Gasteiger partial charge in [0.2, 0.25) is 10.0 Å². The Morgan fingerprint density at radius 3 is 1.64 bits per heavy atom. The van der Waals surface area contributed by atoms with Crippen LogP contribution in [0.1, 0.15) is 49.4 Å². The van der Waals surface area contributed by atoms with E-state index in [1.54, 1.807) is 33.5 Å². The fourth-order valence-electron chi connectivity index (χ4n) is 3.72. The van der Waals surface area contributed by atoms with E-state index in [0.29, 0.717) is 17.3 Å². The first-order chi connectivity index (χ1) is 17.1. The lowest BCUT2D eigenvalue weighted by Crippen LogP contribution is -2.41. The summed E-state index contributed by atoms with van der Waals surface area (Å²) < 4.78 is 46.2. The SMILES string of the molecule is COc1ccc(CN(Cc2ccc(OC)cc2)S(=O)(=O)[C@H](C)[C@@H](OC(C)C)c2ncc(C)cn2)cc1. The third-order valence-corrected chi connectivity index (χ3v) is 7.93. The van der Waals surface area contributed by atoms with Crippen molar-refractivity contribution in [2.24, 2.45) is 0 Å². The minimum Gasteiger partial charge on any atom is -0.497 e. The summed E-state index contributed by atoms with van der Waals surface area (Å²) >= 11 is 0. The molecule has 1 aromatic heterocycles. The van der Waals surface area contributed by atoms with Crippen LogP contribution in [0.25, 0.3) is 0 Å². The first-order valence-electron chi connectivity index (χ1n) is 11.8. The minimum absolute atomic E-state index is 0.186. The van der Waals surface area contributed by atoms with Crippen LogP contribution in [0.4, 0.5) is 0 Å². The summed E-state index contributed by atoms with van der Waals surface area (Å²) in [6.45, 7) is 7.64. The molecule has 0 aliphatic rings. The van der Waals surface area contributed by atoms with Gasteiger partial charge in [0.15, 0.2) is 5.82 Å². The summed E-state index contributed by atoms with van der Waals surface area (Å²) in [5.74, 6) is 1.76. The molecule has 9 heteroatoms. The Hall–Kier alpha value is -3.01. The molecule has 8 nitrogen and oxygen atoms in total. The van der Waals surface area contributed by atoms with Gasteiger partial charge in [-0.3, -0.25) is 0 Å². The van der Waals surface area contributed by atoms with Crippen LogP contribution in [-0.4, -0.2) is 48.3 Å². The number of hydrogen-bond acceptors (Lipinski definition) is 7. The molecule has 0 N–H and O–H groups in total. The highest BCUT2D eigenvalue weighted by Crippen LogP contribution is 2.29. The van der Waals surface area contributed by atoms with Gasteiger partial charge in [-0.15, -0.1) is 0 Å². The average molecular weight is 514 g/mol. The van der Waals surface area contributed by atoms with E-state index < -0.39 is 21.4 Å². The lowest BCUT2D eigenvalue weighted by atomic mass is 10.2. The molecule has 2 atom stereocenters. The molecule has 0 fully saturated rings. The van der Waals surface area contributed by atoms with Crippen LogP contribution in [-0.2, 0) is 27.8 Å². The highest BCUT2D eigenvalue weighted by Gasteiger charge is 2.38. The van der Waals surface area contributed by atoms with Crippen LogP contribution in [0.5, 0.6) is 11.5 Å². The van der Waals surface area contributed by atoms with Crippen LogP contribution in [0.3, 0.4) is 0 Å². The molecule has 0 radical (unpaired) electrons. The Morgan fingerprint density at radius 1 is 0.806 bits per heavy atom. The van der Waals surface area contributed by atoms with Crippen molar-refractivity contribution < 1.29 is 22.6 Å². The monoisotopic (exact) mass is 513 g/mol. The highest BCUT2D eigenvalue weighted by atomic mass is 32.2. The van der Waals surface area contributed by atoms with E-state index in [0.717, 1.165) is 16.7 Å². The van der Waals surface area contributed by atoms with Gasteiger partial charge in [0.25, 0.3) is 0 Å². The maximum Gasteiger partial charge on any atom is 0.220 e. The highest BCUT2D eigenvalue weighted by molar-refractivity contribution is 7.89. The Morgan fingerprint density at radius 2 is 1.25 bits per heavy atom. The fourth-order valence-corrected chi connectivity index (χ4v) is 5.35. The van der Waals surface area contributed by atoms with Gasteiger partial charge in [0.05, 0.1) is 20.3 Å². The maximum atomic E-state index is 14.1. The molecule has 0 unspecified atom stereocenters. The normalized spacial score (nSPS) is 13.6. The number of aryl methyl sites for hydroxylation is 1.